The second-order valence-electron chi connectivity index (χ2n) is 7.42. The molecule has 2 aliphatic rings. The fourth-order valence-electron chi connectivity index (χ4n) is 4.22. The third-order valence-electron chi connectivity index (χ3n) is 5.34. The van der Waals surface area contributed by atoms with Gasteiger partial charge in [-0.3, -0.25) is 10.1 Å². The monoisotopic (exact) mass is 280 g/mol. The second-order valence-corrected chi connectivity index (χ2v) is 7.42. The van der Waals surface area contributed by atoms with E-state index in [1.165, 1.54) is 19.3 Å². The molecule has 0 bridgehead atoms. The van der Waals surface area contributed by atoms with Gasteiger partial charge in [0.15, 0.2) is 0 Å². The molecule has 20 heavy (non-hydrogen) atoms. The van der Waals surface area contributed by atoms with E-state index in [1.54, 1.807) is 0 Å². The predicted octanol–water partition coefficient (Wildman–Crippen LogP) is 3.54. The summed E-state index contributed by atoms with van der Waals surface area (Å²) in [6.07, 6.45) is 6.99. The Morgan fingerprint density at radius 2 is 1.80 bits per heavy atom. The Morgan fingerprint density at radius 3 is 2.30 bits per heavy atom. The topological polar surface area (TPSA) is 32.3 Å². The van der Waals surface area contributed by atoms with E-state index in [9.17, 15) is 4.79 Å². The molecule has 1 aliphatic heterocycles. The average molecular weight is 280 g/mol. The lowest BCUT2D eigenvalue weighted by molar-refractivity contribution is -0.136. The van der Waals surface area contributed by atoms with Crippen molar-refractivity contribution in [2.75, 3.05) is 0 Å². The first-order valence-electron chi connectivity index (χ1n) is 8.51. The van der Waals surface area contributed by atoms with Gasteiger partial charge in [-0.1, -0.05) is 34.1 Å². The Kier molecular flexibility index (Phi) is 4.78. The fourth-order valence-corrected chi connectivity index (χ4v) is 4.22. The van der Waals surface area contributed by atoms with Crippen LogP contribution in [0.4, 0.5) is 0 Å². The SMILES string of the molecule is CCCC1NC(C)(CC)C(=O)N1C1CC(C)CC(C)C1. The van der Waals surface area contributed by atoms with Gasteiger partial charge in [0.25, 0.3) is 0 Å². The number of nitrogens with zero attached hydrogens (tertiary/aromatic N) is 1. The van der Waals surface area contributed by atoms with Gasteiger partial charge < -0.3 is 4.90 Å². The summed E-state index contributed by atoms with van der Waals surface area (Å²) >= 11 is 0. The Labute approximate surface area is 124 Å². The van der Waals surface area contributed by atoms with E-state index in [0.717, 1.165) is 31.1 Å². The van der Waals surface area contributed by atoms with Gasteiger partial charge in [0.1, 0.15) is 0 Å². The molecule has 1 saturated carbocycles. The number of amides is 1. The molecule has 1 saturated heterocycles. The average Bonchev–Trinajstić information content (AvgIpc) is 2.61. The zero-order valence-electron chi connectivity index (χ0n) is 13.9. The molecule has 2 rings (SSSR count). The summed E-state index contributed by atoms with van der Waals surface area (Å²) in [5.74, 6) is 1.82. The number of carbonyl (C=O) groups excluding carboxylic acids is 1. The molecule has 1 N–H and O–H groups in total. The summed E-state index contributed by atoms with van der Waals surface area (Å²) < 4.78 is 0. The maximum absolute atomic E-state index is 12.9. The van der Waals surface area contributed by atoms with Crippen LogP contribution in [0.2, 0.25) is 0 Å². The fraction of sp³-hybridized carbons (Fsp3) is 0.941. The van der Waals surface area contributed by atoms with Crippen molar-refractivity contribution in [1.29, 1.82) is 0 Å². The highest BCUT2D eigenvalue weighted by Crippen LogP contribution is 2.36. The first-order valence-corrected chi connectivity index (χ1v) is 8.51. The highest BCUT2D eigenvalue weighted by Gasteiger charge is 2.49. The number of nitrogens with one attached hydrogen (secondary N) is 1. The van der Waals surface area contributed by atoms with Crippen molar-refractivity contribution in [3.8, 4) is 0 Å². The van der Waals surface area contributed by atoms with Crippen molar-refractivity contribution in [3.05, 3.63) is 0 Å². The number of carbonyl (C=O) groups is 1. The summed E-state index contributed by atoms with van der Waals surface area (Å²) in [5.41, 5.74) is -0.343. The number of hydrogen-bond donors (Lipinski definition) is 1. The van der Waals surface area contributed by atoms with Gasteiger partial charge >= 0.3 is 0 Å². The minimum Gasteiger partial charge on any atom is -0.323 e. The van der Waals surface area contributed by atoms with E-state index < -0.39 is 0 Å². The molecule has 0 aromatic heterocycles. The van der Waals surface area contributed by atoms with Crippen LogP contribution in [-0.4, -0.2) is 28.6 Å². The van der Waals surface area contributed by atoms with E-state index in [0.29, 0.717) is 11.9 Å². The van der Waals surface area contributed by atoms with Gasteiger partial charge in [0, 0.05) is 6.04 Å². The van der Waals surface area contributed by atoms with Crippen molar-refractivity contribution in [2.24, 2.45) is 11.8 Å². The minimum absolute atomic E-state index is 0.250. The van der Waals surface area contributed by atoms with Crippen LogP contribution in [0.5, 0.6) is 0 Å². The lowest BCUT2D eigenvalue weighted by atomic mass is 9.79. The molecule has 0 aromatic carbocycles. The Morgan fingerprint density at radius 1 is 1.20 bits per heavy atom. The summed E-state index contributed by atoms with van der Waals surface area (Å²) in [4.78, 5) is 15.1. The van der Waals surface area contributed by atoms with Gasteiger partial charge in [0.05, 0.1) is 11.7 Å². The van der Waals surface area contributed by atoms with Gasteiger partial charge in [-0.2, -0.15) is 0 Å². The van der Waals surface area contributed by atoms with Gasteiger partial charge in [-0.05, 0) is 50.9 Å². The van der Waals surface area contributed by atoms with Crippen molar-refractivity contribution in [3.63, 3.8) is 0 Å². The van der Waals surface area contributed by atoms with Crippen LogP contribution in [-0.2, 0) is 4.79 Å². The van der Waals surface area contributed by atoms with Crippen LogP contribution in [0, 0.1) is 11.8 Å². The van der Waals surface area contributed by atoms with E-state index in [1.807, 2.05) is 0 Å². The molecule has 2 fully saturated rings. The molecule has 116 valence electrons. The van der Waals surface area contributed by atoms with Crippen LogP contribution in [0.1, 0.15) is 73.1 Å². The highest BCUT2D eigenvalue weighted by molar-refractivity contribution is 5.88. The van der Waals surface area contributed by atoms with Gasteiger partial charge in [-0.15, -0.1) is 0 Å². The Balaban J connectivity index is 2.20. The lowest BCUT2D eigenvalue weighted by Gasteiger charge is -2.40. The van der Waals surface area contributed by atoms with Crippen LogP contribution in [0.15, 0.2) is 0 Å². The highest BCUT2D eigenvalue weighted by atomic mass is 16.2. The smallest absolute Gasteiger partial charge is 0.244 e. The zero-order valence-corrected chi connectivity index (χ0v) is 13.9. The molecule has 1 heterocycles. The molecule has 0 aromatic rings. The Bertz CT molecular complexity index is 347. The predicted molar refractivity (Wildman–Crippen MR) is 83.3 cm³/mol. The standard InChI is InChI=1S/C17H32N2O/c1-6-8-15-18-17(5,7-2)16(20)19(15)14-10-12(3)9-13(4)11-14/h12-15,18H,6-11H2,1-5H3. The van der Waals surface area contributed by atoms with Crippen molar-refractivity contribution < 1.29 is 4.79 Å². The summed E-state index contributed by atoms with van der Waals surface area (Å²) in [7, 11) is 0. The lowest BCUT2D eigenvalue weighted by Crippen LogP contribution is -2.48. The largest absolute Gasteiger partial charge is 0.323 e. The molecule has 0 spiro atoms. The van der Waals surface area contributed by atoms with Crippen molar-refractivity contribution in [1.82, 2.24) is 10.2 Å². The second kappa shape index (κ2) is 6.05. The molecular formula is C17H32N2O. The Hall–Kier alpha value is -0.570. The molecule has 1 aliphatic carbocycles. The molecule has 0 radical (unpaired) electrons. The van der Waals surface area contributed by atoms with Crippen LogP contribution in [0.3, 0.4) is 0 Å². The van der Waals surface area contributed by atoms with Crippen molar-refractivity contribution in [2.45, 2.75) is 90.9 Å². The molecular weight excluding hydrogens is 248 g/mol. The first-order chi connectivity index (χ1) is 9.41. The van der Waals surface area contributed by atoms with Crippen LogP contribution in [0.25, 0.3) is 0 Å². The summed E-state index contributed by atoms with van der Waals surface area (Å²) in [6.45, 7) is 11.1. The van der Waals surface area contributed by atoms with Crippen LogP contribution >= 0.6 is 0 Å². The maximum Gasteiger partial charge on any atom is 0.244 e. The molecule has 4 atom stereocenters. The van der Waals surface area contributed by atoms with Gasteiger partial charge in [-0.25, -0.2) is 0 Å². The van der Waals surface area contributed by atoms with E-state index in [2.05, 4.69) is 44.8 Å². The molecule has 3 heteroatoms. The summed E-state index contributed by atoms with van der Waals surface area (Å²) in [6, 6.07) is 0.443. The van der Waals surface area contributed by atoms with Crippen LogP contribution < -0.4 is 5.32 Å². The third kappa shape index (κ3) is 2.88. The first kappa shape index (κ1) is 15.8. The quantitative estimate of drug-likeness (QED) is 0.854. The molecule has 1 amide bonds. The van der Waals surface area contributed by atoms with E-state index in [4.69, 9.17) is 0 Å². The molecule has 3 nitrogen and oxygen atoms in total. The zero-order chi connectivity index (χ0) is 14.9. The number of rotatable bonds is 4. The minimum atomic E-state index is -0.343. The maximum atomic E-state index is 12.9. The third-order valence-corrected chi connectivity index (χ3v) is 5.34. The normalized spacial score (nSPS) is 42.2. The van der Waals surface area contributed by atoms with Gasteiger partial charge in [0.2, 0.25) is 5.91 Å². The van der Waals surface area contributed by atoms with E-state index >= 15 is 0 Å². The molecule has 4 unspecified atom stereocenters. The van der Waals surface area contributed by atoms with Crippen molar-refractivity contribution >= 4 is 5.91 Å². The summed E-state index contributed by atoms with van der Waals surface area (Å²) in [5, 5.41) is 3.62. The number of hydrogen-bond acceptors (Lipinski definition) is 2. The van der Waals surface area contributed by atoms with E-state index in [-0.39, 0.29) is 11.7 Å².